The Kier molecular flexibility index (Phi) is 2.92. The molecule has 0 saturated heterocycles. The zero-order valence-corrected chi connectivity index (χ0v) is 9.07. The SMILES string of the molecule is C=C(C)c1cc(CC)cc(C)c1C. The lowest BCUT2D eigenvalue weighted by Gasteiger charge is -2.10. The minimum Gasteiger partial charge on any atom is -0.0955 e. The number of hydrogen-bond acceptors (Lipinski definition) is 0. The van der Waals surface area contributed by atoms with E-state index in [1.165, 1.54) is 22.3 Å². The molecule has 70 valence electrons. The van der Waals surface area contributed by atoms with Gasteiger partial charge < -0.3 is 0 Å². The molecular formula is C13H18. The number of allylic oxidation sites excluding steroid dienone is 1. The van der Waals surface area contributed by atoms with Crippen LogP contribution in [0, 0.1) is 13.8 Å². The molecule has 0 saturated carbocycles. The summed E-state index contributed by atoms with van der Waals surface area (Å²) in [7, 11) is 0. The topological polar surface area (TPSA) is 0 Å². The number of hydrogen-bond donors (Lipinski definition) is 0. The summed E-state index contributed by atoms with van der Waals surface area (Å²) in [4.78, 5) is 0. The van der Waals surface area contributed by atoms with Gasteiger partial charge in [0, 0.05) is 0 Å². The molecule has 0 fully saturated rings. The summed E-state index contributed by atoms with van der Waals surface area (Å²) < 4.78 is 0. The van der Waals surface area contributed by atoms with Gasteiger partial charge in [0.25, 0.3) is 0 Å². The number of benzene rings is 1. The largest absolute Gasteiger partial charge is 0.0955 e. The van der Waals surface area contributed by atoms with Crippen molar-refractivity contribution in [2.24, 2.45) is 0 Å². The molecule has 0 spiro atoms. The molecule has 1 rings (SSSR count). The van der Waals surface area contributed by atoms with E-state index in [0.29, 0.717) is 0 Å². The maximum atomic E-state index is 4.00. The Bertz CT molecular complexity index is 332. The fourth-order valence-corrected chi connectivity index (χ4v) is 1.58. The van der Waals surface area contributed by atoms with Crippen molar-refractivity contribution in [2.45, 2.75) is 34.1 Å². The smallest absolute Gasteiger partial charge is 0.0199 e. The van der Waals surface area contributed by atoms with Crippen molar-refractivity contribution in [1.29, 1.82) is 0 Å². The molecule has 0 amide bonds. The summed E-state index contributed by atoms with van der Waals surface area (Å²) in [6.07, 6.45) is 1.10. The third kappa shape index (κ3) is 2.00. The molecule has 0 aliphatic carbocycles. The fraction of sp³-hybridized carbons (Fsp3) is 0.385. The van der Waals surface area contributed by atoms with Gasteiger partial charge in [0.15, 0.2) is 0 Å². The molecule has 13 heavy (non-hydrogen) atoms. The summed E-state index contributed by atoms with van der Waals surface area (Å²) in [5, 5.41) is 0. The average Bonchev–Trinajstić information content (AvgIpc) is 2.09. The summed E-state index contributed by atoms with van der Waals surface area (Å²) in [5.74, 6) is 0. The van der Waals surface area contributed by atoms with Gasteiger partial charge in [0.05, 0.1) is 0 Å². The Morgan fingerprint density at radius 2 is 1.92 bits per heavy atom. The summed E-state index contributed by atoms with van der Waals surface area (Å²) in [6, 6.07) is 4.52. The molecule has 0 atom stereocenters. The van der Waals surface area contributed by atoms with Gasteiger partial charge in [-0.2, -0.15) is 0 Å². The van der Waals surface area contributed by atoms with Gasteiger partial charge in [-0.15, -0.1) is 0 Å². The zero-order valence-electron chi connectivity index (χ0n) is 9.07. The molecule has 0 radical (unpaired) electrons. The molecule has 0 heteroatoms. The van der Waals surface area contributed by atoms with Crippen molar-refractivity contribution >= 4 is 5.57 Å². The van der Waals surface area contributed by atoms with E-state index in [1.54, 1.807) is 0 Å². The van der Waals surface area contributed by atoms with Gasteiger partial charge in [-0.25, -0.2) is 0 Å². The average molecular weight is 174 g/mol. The van der Waals surface area contributed by atoms with Crippen LogP contribution in [0.1, 0.15) is 36.1 Å². The van der Waals surface area contributed by atoms with Crippen molar-refractivity contribution < 1.29 is 0 Å². The Morgan fingerprint density at radius 3 is 2.38 bits per heavy atom. The molecule has 0 unspecified atom stereocenters. The normalized spacial score (nSPS) is 10.2. The molecule has 1 aromatic carbocycles. The van der Waals surface area contributed by atoms with E-state index in [2.05, 4.69) is 46.4 Å². The Labute approximate surface area is 81.3 Å². The minimum absolute atomic E-state index is 1.10. The van der Waals surface area contributed by atoms with Crippen LogP contribution < -0.4 is 0 Å². The molecule has 1 aromatic rings. The summed E-state index contributed by atoms with van der Waals surface area (Å²) in [6.45, 7) is 12.6. The highest BCUT2D eigenvalue weighted by molar-refractivity contribution is 5.66. The van der Waals surface area contributed by atoms with Crippen LogP contribution in [0.15, 0.2) is 18.7 Å². The molecular weight excluding hydrogens is 156 g/mol. The second-order valence-electron chi connectivity index (χ2n) is 3.72. The van der Waals surface area contributed by atoms with Crippen molar-refractivity contribution in [3.05, 3.63) is 41.0 Å². The van der Waals surface area contributed by atoms with Crippen molar-refractivity contribution in [3.63, 3.8) is 0 Å². The predicted octanol–water partition coefficient (Wildman–Crippen LogP) is 3.90. The minimum atomic E-state index is 1.10. The zero-order chi connectivity index (χ0) is 10.0. The van der Waals surface area contributed by atoms with Gasteiger partial charge in [0.2, 0.25) is 0 Å². The Balaban J connectivity index is 3.33. The number of aryl methyl sites for hydroxylation is 2. The Morgan fingerprint density at radius 1 is 1.31 bits per heavy atom. The molecule has 0 aliphatic heterocycles. The van der Waals surface area contributed by atoms with Crippen LogP contribution in [0.4, 0.5) is 0 Å². The first-order valence-electron chi connectivity index (χ1n) is 4.82. The molecule has 0 aromatic heterocycles. The standard InChI is InChI=1S/C13H18/c1-6-12-7-10(4)11(5)13(8-12)9(2)3/h7-8H,2,6H2,1,3-5H3. The van der Waals surface area contributed by atoms with E-state index in [-0.39, 0.29) is 0 Å². The molecule has 0 heterocycles. The maximum absolute atomic E-state index is 4.00. The monoisotopic (exact) mass is 174 g/mol. The molecule has 0 N–H and O–H groups in total. The third-order valence-electron chi connectivity index (χ3n) is 2.60. The van der Waals surface area contributed by atoms with Crippen LogP contribution in [-0.4, -0.2) is 0 Å². The van der Waals surface area contributed by atoms with Crippen LogP contribution in [0.5, 0.6) is 0 Å². The number of rotatable bonds is 2. The molecule has 0 bridgehead atoms. The molecule has 0 aliphatic rings. The summed E-state index contributed by atoms with van der Waals surface area (Å²) >= 11 is 0. The predicted molar refractivity (Wildman–Crippen MR) is 60.0 cm³/mol. The fourth-order valence-electron chi connectivity index (χ4n) is 1.58. The van der Waals surface area contributed by atoms with Gasteiger partial charge in [-0.05, 0) is 49.4 Å². The van der Waals surface area contributed by atoms with Gasteiger partial charge in [-0.1, -0.05) is 31.2 Å². The van der Waals surface area contributed by atoms with Gasteiger partial charge in [-0.3, -0.25) is 0 Å². The van der Waals surface area contributed by atoms with Crippen LogP contribution in [-0.2, 0) is 6.42 Å². The molecule has 0 nitrogen and oxygen atoms in total. The second-order valence-corrected chi connectivity index (χ2v) is 3.72. The van der Waals surface area contributed by atoms with Crippen molar-refractivity contribution in [2.75, 3.05) is 0 Å². The van der Waals surface area contributed by atoms with Crippen LogP contribution >= 0.6 is 0 Å². The lowest BCUT2D eigenvalue weighted by atomic mass is 9.95. The first-order chi connectivity index (χ1) is 6.06. The first kappa shape index (κ1) is 10.0. The second kappa shape index (κ2) is 3.78. The van der Waals surface area contributed by atoms with E-state index in [0.717, 1.165) is 12.0 Å². The quantitative estimate of drug-likeness (QED) is 0.638. The highest BCUT2D eigenvalue weighted by Gasteiger charge is 2.03. The first-order valence-corrected chi connectivity index (χ1v) is 4.82. The van der Waals surface area contributed by atoms with Crippen LogP contribution in [0.3, 0.4) is 0 Å². The lowest BCUT2D eigenvalue weighted by molar-refractivity contribution is 1.12. The maximum Gasteiger partial charge on any atom is -0.0199 e. The van der Waals surface area contributed by atoms with E-state index in [4.69, 9.17) is 0 Å². The van der Waals surface area contributed by atoms with Crippen LogP contribution in [0.25, 0.3) is 5.57 Å². The summed E-state index contributed by atoms with van der Waals surface area (Å²) in [5.41, 5.74) is 6.62. The van der Waals surface area contributed by atoms with Gasteiger partial charge in [0.1, 0.15) is 0 Å². The highest BCUT2D eigenvalue weighted by Crippen LogP contribution is 2.22. The van der Waals surface area contributed by atoms with Crippen molar-refractivity contribution in [3.8, 4) is 0 Å². The Hall–Kier alpha value is -1.04. The van der Waals surface area contributed by atoms with Crippen molar-refractivity contribution in [1.82, 2.24) is 0 Å². The highest BCUT2D eigenvalue weighted by atomic mass is 14.1. The van der Waals surface area contributed by atoms with Crippen LogP contribution in [0.2, 0.25) is 0 Å². The van der Waals surface area contributed by atoms with E-state index >= 15 is 0 Å². The van der Waals surface area contributed by atoms with Gasteiger partial charge >= 0.3 is 0 Å². The van der Waals surface area contributed by atoms with E-state index in [9.17, 15) is 0 Å². The third-order valence-corrected chi connectivity index (χ3v) is 2.60. The van der Waals surface area contributed by atoms with E-state index < -0.39 is 0 Å². The lowest BCUT2D eigenvalue weighted by Crippen LogP contribution is -1.92. The van der Waals surface area contributed by atoms with E-state index in [1.807, 2.05) is 0 Å².